The molecule has 0 bridgehead atoms. The van der Waals surface area contributed by atoms with E-state index in [2.05, 4.69) is 0 Å². The fourth-order valence-corrected chi connectivity index (χ4v) is 2.69. The van der Waals surface area contributed by atoms with Crippen LogP contribution in [0, 0.1) is 0 Å². The van der Waals surface area contributed by atoms with Crippen LogP contribution in [0.3, 0.4) is 0 Å². The van der Waals surface area contributed by atoms with E-state index < -0.39 is 5.97 Å². The van der Waals surface area contributed by atoms with Crippen LogP contribution in [0.25, 0.3) is 6.08 Å². The molecule has 1 amide bonds. The van der Waals surface area contributed by atoms with E-state index >= 15 is 0 Å². The number of rotatable bonds is 4. The number of hydrogen-bond acceptors (Lipinski definition) is 4. The summed E-state index contributed by atoms with van der Waals surface area (Å²) >= 11 is 0. The average Bonchev–Trinajstić information content (AvgIpc) is 3.19. The molecule has 0 unspecified atom stereocenters. The highest BCUT2D eigenvalue weighted by atomic mass is 16.5. The summed E-state index contributed by atoms with van der Waals surface area (Å²) < 4.78 is 10.2. The predicted molar refractivity (Wildman–Crippen MR) is 88.4 cm³/mol. The number of carbonyl (C=O) groups excluding carboxylic acids is 2. The van der Waals surface area contributed by atoms with Crippen LogP contribution < -0.4 is 0 Å². The van der Waals surface area contributed by atoms with Crippen molar-refractivity contribution in [3.8, 4) is 0 Å². The summed E-state index contributed by atoms with van der Waals surface area (Å²) in [5, 5.41) is 0. The highest BCUT2D eigenvalue weighted by molar-refractivity contribution is 6.16. The van der Waals surface area contributed by atoms with Crippen molar-refractivity contribution in [3.05, 3.63) is 76.9 Å². The van der Waals surface area contributed by atoms with Crippen LogP contribution in [-0.4, -0.2) is 23.9 Å². The van der Waals surface area contributed by atoms with Crippen LogP contribution in [0.2, 0.25) is 0 Å². The summed E-state index contributed by atoms with van der Waals surface area (Å²) in [5.41, 5.74) is 2.02. The van der Waals surface area contributed by atoms with E-state index in [9.17, 15) is 9.59 Å². The zero-order valence-electron chi connectivity index (χ0n) is 13.5. The molecule has 0 atom stereocenters. The molecule has 2 aromatic rings. The van der Waals surface area contributed by atoms with Crippen molar-refractivity contribution < 1.29 is 18.7 Å². The molecule has 2 heterocycles. The van der Waals surface area contributed by atoms with E-state index in [0.717, 1.165) is 5.56 Å². The fraction of sp³-hybridized carbons (Fsp3) is 0.158. The van der Waals surface area contributed by atoms with Gasteiger partial charge in [0.2, 0.25) is 0 Å². The molecule has 0 saturated heterocycles. The number of furan rings is 1. The Balaban J connectivity index is 2.03. The lowest BCUT2D eigenvalue weighted by atomic mass is 10.0. The third kappa shape index (κ3) is 2.88. The van der Waals surface area contributed by atoms with Gasteiger partial charge in [-0.2, -0.15) is 0 Å². The van der Waals surface area contributed by atoms with Gasteiger partial charge < -0.3 is 14.1 Å². The molecule has 0 N–H and O–H groups in total. The number of amides is 1. The zero-order chi connectivity index (χ0) is 17.1. The van der Waals surface area contributed by atoms with Gasteiger partial charge in [0.15, 0.2) is 0 Å². The molecule has 1 aromatic carbocycles. The van der Waals surface area contributed by atoms with Crippen molar-refractivity contribution in [1.82, 2.24) is 4.90 Å². The van der Waals surface area contributed by atoms with Crippen molar-refractivity contribution in [2.45, 2.75) is 13.5 Å². The molecule has 0 radical (unpaired) electrons. The first-order valence-electron chi connectivity index (χ1n) is 7.52. The summed E-state index contributed by atoms with van der Waals surface area (Å²) in [4.78, 5) is 26.6. The lowest BCUT2D eigenvalue weighted by Gasteiger charge is -2.16. The molecule has 0 saturated carbocycles. The van der Waals surface area contributed by atoms with Crippen molar-refractivity contribution in [2.75, 3.05) is 7.11 Å². The Morgan fingerprint density at radius 2 is 1.96 bits per heavy atom. The molecule has 0 aliphatic carbocycles. The van der Waals surface area contributed by atoms with E-state index in [1.807, 2.05) is 30.3 Å². The molecule has 0 fully saturated rings. The number of esters is 1. The second-order valence-corrected chi connectivity index (χ2v) is 5.39. The Bertz CT molecular complexity index is 816. The Morgan fingerprint density at radius 3 is 2.58 bits per heavy atom. The minimum absolute atomic E-state index is 0.242. The van der Waals surface area contributed by atoms with Gasteiger partial charge in [-0.25, -0.2) is 4.79 Å². The van der Waals surface area contributed by atoms with Crippen LogP contribution in [0.4, 0.5) is 0 Å². The number of ether oxygens (including phenoxy) is 1. The second kappa shape index (κ2) is 6.58. The van der Waals surface area contributed by atoms with E-state index in [-0.39, 0.29) is 18.0 Å². The van der Waals surface area contributed by atoms with E-state index in [1.54, 1.807) is 31.4 Å². The molecule has 5 heteroatoms. The van der Waals surface area contributed by atoms with Crippen molar-refractivity contribution >= 4 is 18.0 Å². The predicted octanol–water partition coefficient (Wildman–Crippen LogP) is 3.15. The van der Waals surface area contributed by atoms with Crippen LogP contribution in [0.5, 0.6) is 0 Å². The van der Waals surface area contributed by atoms with Gasteiger partial charge in [0.05, 0.1) is 31.1 Å². The summed E-state index contributed by atoms with van der Waals surface area (Å²) in [6.45, 7) is 2.00. The number of benzene rings is 1. The van der Waals surface area contributed by atoms with Gasteiger partial charge in [0.25, 0.3) is 5.91 Å². The highest BCUT2D eigenvalue weighted by Gasteiger charge is 2.37. The number of carbonyl (C=O) groups is 2. The first kappa shape index (κ1) is 15.8. The van der Waals surface area contributed by atoms with Gasteiger partial charge in [-0.3, -0.25) is 4.79 Å². The summed E-state index contributed by atoms with van der Waals surface area (Å²) in [5.74, 6) is -0.119. The third-order valence-corrected chi connectivity index (χ3v) is 3.91. The molecule has 1 aliphatic heterocycles. The van der Waals surface area contributed by atoms with Crippen molar-refractivity contribution in [1.29, 1.82) is 0 Å². The fourth-order valence-electron chi connectivity index (χ4n) is 2.69. The number of nitrogens with zero attached hydrogens (tertiary/aromatic N) is 1. The molecule has 122 valence electrons. The number of hydrogen-bond donors (Lipinski definition) is 0. The van der Waals surface area contributed by atoms with E-state index in [4.69, 9.17) is 9.15 Å². The minimum atomic E-state index is -0.523. The first-order chi connectivity index (χ1) is 11.6. The Hall–Kier alpha value is -3.08. The van der Waals surface area contributed by atoms with Gasteiger partial charge in [0.1, 0.15) is 5.76 Å². The Kier molecular flexibility index (Phi) is 4.33. The summed E-state index contributed by atoms with van der Waals surface area (Å²) in [6, 6.07) is 12.9. The maximum atomic E-state index is 12.8. The number of allylic oxidation sites excluding steroid dienone is 1. The number of methoxy groups -OCH3 is 1. The first-order valence-corrected chi connectivity index (χ1v) is 7.52. The maximum absolute atomic E-state index is 12.8. The van der Waals surface area contributed by atoms with Gasteiger partial charge in [-0.05, 0) is 30.7 Å². The third-order valence-electron chi connectivity index (χ3n) is 3.91. The van der Waals surface area contributed by atoms with Crippen molar-refractivity contribution in [3.63, 3.8) is 0 Å². The van der Waals surface area contributed by atoms with Gasteiger partial charge in [-0.1, -0.05) is 30.3 Å². The zero-order valence-corrected chi connectivity index (χ0v) is 13.5. The topological polar surface area (TPSA) is 59.8 Å². The highest BCUT2D eigenvalue weighted by Crippen LogP contribution is 2.32. The Labute approximate surface area is 139 Å². The average molecular weight is 323 g/mol. The largest absolute Gasteiger partial charge is 0.467 e. The van der Waals surface area contributed by atoms with E-state index in [0.29, 0.717) is 17.0 Å². The monoisotopic (exact) mass is 323 g/mol. The van der Waals surface area contributed by atoms with Gasteiger partial charge in [0, 0.05) is 5.70 Å². The lowest BCUT2D eigenvalue weighted by molar-refractivity contribution is -0.136. The SMILES string of the molecule is COC(=O)C1=C(C)N(Cc2ccco2)C(=O)/C1=C\c1ccccc1. The van der Waals surface area contributed by atoms with Gasteiger partial charge in [-0.15, -0.1) is 0 Å². The summed E-state index contributed by atoms with van der Waals surface area (Å²) in [6.07, 6.45) is 3.26. The van der Waals surface area contributed by atoms with Crippen LogP contribution >= 0.6 is 0 Å². The Morgan fingerprint density at radius 1 is 1.21 bits per heavy atom. The quantitative estimate of drug-likeness (QED) is 0.640. The molecular formula is C19H17NO4. The summed E-state index contributed by atoms with van der Waals surface area (Å²) in [7, 11) is 1.31. The molecular weight excluding hydrogens is 306 g/mol. The minimum Gasteiger partial charge on any atom is -0.467 e. The van der Waals surface area contributed by atoms with Crippen molar-refractivity contribution in [2.24, 2.45) is 0 Å². The molecule has 0 spiro atoms. The molecule has 1 aromatic heterocycles. The standard InChI is InChI=1S/C19H17NO4/c1-13-17(19(22)23-2)16(11-14-7-4-3-5-8-14)18(21)20(13)12-15-9-6-10-24-15/h3-11H,12H2,1-2H3/b16-11-. The van der Waals surface area contributed by atoms with Crippen LogP contribution in [0.1, 0.15) is 18.2 Å². The maximum Gasteiger partial charge on any atom is 0.340 e. The van der Waals surface area contributed by atoms with Crippen LogP contribution in [-0.2, 0) is 20.9 Å². The molecule has 5 nitrogen and oxygen atoms in total. The molecule has 3 rings (SSSR count). The van der Waals surface area contributed by atoms with E-state index in [1.165, 1.54) is 12.0 Å². The molecule has 24 heavy (non-hydrogen) atoms. The van der Waals surface area contributed by atoms with Gasteiger partial charge >= 0.3 is 5.97 Å². The smallest absolute Gasteiger partial charge is 0.340 e. The second-order valence-electron chi connectivity index (χ2n) is 5.39. The normalized spacial score (nSPS) is 16.2. The van der Waals surface area contributed by atoms with Crippen LogP contribution in [0.15, 0.2) is 70.0 Å². The molecule has 1 aliphatic rings. The lowest BCUT2D eigenvalue weighted by Crippen LogP contribution is -2.24.